The molecule has 2 aromatic carbocycles. The van der Waals surface area contributed by atoms with Gasteiger partial charge in [-0.05, 0) is 5.56 Å². The summed E-state index contributed by atoms with van der Waals surface area (Å²) < 4.78 is 2.24. The molecule has 0 fully saturated rings. The molecule has 0 saturated carbocycles. The third-order valence-corrected chi connectivity index (χ3v) is 3.84. The number of rotatable bonds is 3. The topological polar surface area (TPSA) is 3.88 Å². The maximum atomic E-state index is 2.24. The molecule has 1 aromatic heterocycles. The Bertz CT molecular complexity index is 614. The zero-order valence-corrected chi connectivity index (χ0v) is 10.8. The fraction of sp³-hybridized carbons (Fsp3) is 0.0625. The normalized spacial score (nSPS) is 10.4. The highest BCUT2D eigenvalue weighted by Gasteiger charge is 2.08. The van der Waals surface area contributed by atoms with Crippen molar-refractivity contribution >= 4 is 11.3 Å². The van der Waals surface area contributed by atoms with Crippen LogP contribution in [0.1, 0.15) is 5.56 Å². The Morgan fingerprint density at radius 1 is 0.833 bits per heavy atom. The molecule has 0 aliphatic carbocycles. The van der Waals surface area contributed by atoms with E-state index in [-0.39, 0.29) is 0 Å². The van der Waals surface area contributed by atoms with Crippen molar-refractivity contribution in [2.75, 3.05) is 0 Å². The van der Waals surface area contributed by atoms with Gasteiger partial charge in [-0.15, -0.1) is 0 Å². The number of aromatic nitrogens is 1. The van der Waals surface area contributed by atoms with Gasteiger partial charge < -0.3 is 0 Å². The zero-order valence-electron chi connectivity index (χ0n) is 9.99. The SMILES string of the molecule is c1ccc(C[n+]2csc(-c3ccccc3)c2)cc1. The molecule has 0 radical (unpaired) electrons. The lowest BCUT2D eigenvalue weighted by Crippen LogP contribution is -2.30. The summed E-state index contributed by atoms with van der Waals surface area (Å²) in [5.41, 5.74) is 4.80. The van der Waals surface area contributed by atoms with Crippen molar-refractivity contribution in [3.8, 4) is 10.4 Å². The van der Waals surface area contributed by atoms with Crippen LogP contribution in [0.4, 0.5) is 0 Å². The Morgan fingerprint density at radius 2 is 1.50 bits per heavy atom. The van der Waals surface area contributed by atoms with E-state index in [1.165, 1.54) is 16.0 Å². The lowest BCUT2D eigenvalue weighted by Gasteiger charge is -1.94. The van der Waals surface area contributed by atoms with Gasteiger partial charge in [0, 0.05) is 5.56 Å². The predicted octanol–water partition coefficient (Wildman–Crippen LogP) is 3.75. The quantitative estimate of drug-likeness (QED) is 0.625. The number of thiazole rings is 1. The van der Waals surface area contributed by atoms with E-state index in [0.29, 0.717) is 0 Å². The Hall–Kier alpha value is -1.93. The molecule has 0 spiro atoms. The fourth-order valence-electron chi connectivity index (χ4n) is 1.96. The first-order chi connectivity index (χ1) is 8.92. The summed E-state index contributed by atoms with van der Waals surface area (Å²) >= 11 is 1.78. The predicted molar refractivity (Wildman–Crippen MR) is 75.5 cm³/mol. The van der Waals surface area contributed by atoms with Crippen molar-refractivity contribution in [1.29, 1.82) is 0 Å². The van der Waals surface area contributed by atoms with Crippen LogP contribution in [0.2, 0.25) is 0 Å². The molecule has 0 bridgehead atoms. The second-order valence-corrected chi connectivity index (χ2v) is 5.13. The minimum absolute atomic E-state index is 0.935. The third kappa shape index (κ3) is 2.49. The molecular formula is C16H14NS+. The fourth-order valence-corrected chi connectivity index (χ4v) is 2.81. The van der Waals surface area contributed by atoms with E-state index in [4.69, 9.17) is 0 Å². The van der Waals surface area contributed by atoms with Gasteiger partial charge in [0.25, 0.3) is 0 Å². The molecule has 0 saturated heterocycles. The van der Waals surface area contributed by atoms with E-state index >= 15 is 0 Å². The number of nitrogens with zero attached hydrogens (tertiary/aromatic N) is 1. The zero-order chi connectivity index (χ0) is 12.2. The van der Waals surface area contributed by atoms with Gasteiger partial charge in [0.1, 0.15) is 4.88 Å². The van der Waals surface area contributed by atoms with Crippen molar-refractivity contribution in [2.24, 2.45) is 0 Å². The standard InChI is InChI=1S/C16H14NS/c1-3-7-14(8-4-1)11-17-12-16(18-13-17)15-9-5-2-6-10-15/h1-10,12-13H,11H2/q+1. The second-order valence-electron chi connectivity index (χ2n) is 4.24. The van der Waals surface area contributed by atoms with Crippen molar-refractivity contribution < 1.29 is 4.57 Å². The summed E-state index contributed by atoms with van der Waals surface area (Å²) in [5, 5.41) is 0. The van der Waals surface area contributed by atoms with Crippen molar-refractivity contribution in [2.45, 2.75) is 6.54 Å². The van der Waals surface area contributed by atoms with Crippen molar-refractivity contribution in [1.82, 2.24) is 0 Å². The highest BCUT2D eigenvalue weighted by atomic mass is 32.1. The van der Waals surface area contributed by atoms with Gasteiger partial charge in [-0.3, -0.25) is 0 Å². The lowest BCUT2D eigenvalue weighted by atomic mass is 10.2. The maximum Gasteiger partial charge on any atom is 0.225 e. The maximum absolute atomic E-state index is 2.24. The van der Waals surface area contributed by atoms with Gasteiger partial charge in [0.05, 0.1) is 0 Å². The summed E-state index contributed by atoms with van der Waals surface area (Å²) in [4.78, 5) is 1.31. The molecule has 1 nitrogen and oxygen atoms in total. The molecule has 0 aliphatic heterocycles. The molecule has 88 valence electrons. The van der Waals surface area contributed by atoms with Gasteiger partial charge in [0.15, 0.2) is 12.7 Å². The molecule has 18 heavy (non-hydrogen) atoms. The van der Waals surface area contributed by atoms with Crippen molar-refractivity contribution in [3.63, 3.8) is 0 Å². The third-order valence-electron chi connectivity index (χ3n) is 2.86. The molecule has 0 atom stereocenters. The summed E-state index contributed by atoms with van der Waals surface area (Å²) in [5.74, 6) is 0. The van der Waals surface area contributed by atoms with E-state index in [0.717, 1.165) is 6.54 Å². The van der Waals surface area contributed by atoms with E-state index in [2.05, 4.69) is 76.9 Å². The highest BCUT2D eigenvalue weighted by Crippen LogP contribution is 2.21. The van der Waals surface area contributed by atoms with E-state index in [1.807, 2.05) is 0 Å². The largest absolute Gasteiger partial charge is 0.225 e. The molecule has 3 rings (SSSR count). The summed E-state index contributed by atoms with van der Waals surface area (Å²) in [7, 11) is 0. The van der Waals surface area contributed by atoms with Crippen LogP contribution in [-0.2, 0) is 6.54 Å². The van der Waals surface area contributed by atoms with Crippen LogP contribution in [0.3, 0.4) is 0 Å². The Labute approximate surface area is 111 Å². The molecular weight excluding hydrogens is 238 g/mol. The second kappa shape index (κ2) is 5.15. The molecule has 3 aromatic rings. The monoisotopic (exact) mass is 252 g/mol. The van der Waals surface area contributed by atoms with Crippen LogP contribution < -0.4 is 4.57 Å². The average molecular weight is 252 g/mol. The number of benzene rings is 2. The molecule has 0 aliphatic rings. The van der Waals surface area contributed by atoms with Crippen LogP contribution in [-0.4, -0.2) is 0 Å². The van der Waals surface area contributed by atoms with Crippen LogP contribution in [0.15, 0.2) is 72.4 Å². The minimum atomic E-state index is 0.935. The van der Waals surface area contributed by atoms with E-state index < -0.39 is 0 Å². The van der Waals surface area contributed by atoms with Crippen LogP contribution in [0.25, 0.3) is 10.4 Å². The van der Waals surface area contributed by atoms with Gasteiger partial charge in [-0.1, -0.05) is 72.0 Å². The molecule has 0 unspecified atom stereocenters. The number of hydrogen-bond acceptors (Lipinski definition) is 1. The van der Waals surface area contributed by atoms with Crippen LogP contribution >= 0.6 is 11.3 Å². The van der Waals surface area contributed by atoms with Crippen LogP contribution in [0.5, 0.6) is 0 Å². The molecule has 2 heteroatoms. The van der Waals surface area contributed by atoms with Gasteiger partial charge in [0.2, 0.25) is 5.51 Å². The van der Waals surface area contributed by atoms with Gasteiger partial charge in [-0.25, -0.2) is 0 Å². The lowest BCUT2D eigenvalue weighted by molar-refractivity contribution is -0.683. The first-order valence-electron chi connectivity index (χ1n) is 5.99. The molecule has 0 amide bonds. The Balaban J connectivity index is 1.82. The first kappa shape index (κ1) is 11.2. The summed E-state index contributed by atoms with van der Waals surface area (Å²) in [6.07, 6.45) is 2.22. The van der Waals surface area contributed by atoms with E-state index in [1.54, 1.807) is 11.3 Å². The first-order valence-corrected chi connectivity index (χ1v) is 6.87. The van der Waals surface area contributed by atoms with Gasteiger partial charge in [-0.2, -0.15) is 4.57 Å². The highest BCUT2D eigenvalue weighted by molar-refractivity contribution is 7.12. The molecule has 0 N–H and O–H groups in total. The van der Waals surface area contributed by atoms with Crippen molar-refractivity contribution in [3.05, 3.63) is 77.9 Å². The Morgan fingerprint density at radius 3 is 2.22 bits per heavy atom. The number of hydrogen-bond donors (Lipinski definition) is 0. The van der Waals surface area contributed by atoms with Crippen LogP contribution in [0, 0.1) is 0 Å². The summed E-state index contributed by atoms with van der Waals surface area (Å²) in [6.45, 7) is 0.935. The van der Waals surface area contributed by atoms with Gasteiger partial charge >= 0.3 is 0 Å². The smallest absolute Gasteiger partial charge is 0.190 e. The van der Waals surface area contributed by atoms with E-state index in [9.17, 15) is 0 Å². The Kier molecular flexibility index (Phi) is 3.20. The molecule has 1 heterocycles. The minimum Gasteiger partial charge on any atom is -0.190 e. The average Bonchev–Trinajstić information content (AvgIpc) is 2.89. The summed E-state index contributed by atoms with van der Waals surface area (Å²) in [6, 6.07) is 21.1.